The Bertz CT molecular complexity index is 1750. The van der Waals surface area contributed by atoms with E-state index in [2.05, 4.69) is 15.9 Å². The van der Waals surface area contributed by atoms with Crippen molar-refractivity contribution in [1.29, 1.82) is 0 Å². The highest BCUT2D eigenvalue weighted by atomic mass is 79.9. The van der Waals surface area contributed by atoms with Crippen molar-refractivity contribution in [1.82, 2.24) is 9.58 Å². The summed E-state index contributed by atoms with van der Waals surface area (Å²) >= 11 is 3.32. The number of hydrogen-bond donors (Lipinski definition) is 1. The van der Waals surface area contributed by atoms with Crippen LogP contribution in [-0.2, 0) is 6.61 Å². The second-order valence-corrected chi connectivity index (χ2v) is 10.5. The third-order valence-corrected chi connectivity index (χ3v) is 7.60. The Morgan fingerprint density at radius 3 is 2.30 bits per heavy atom. The maximum atomic E-state index is 15.5. The van der Waals surface area contributed by atoms with E-state index in [1.54, 1.807) is 30.3 Å². The summed E-state index contributed by atoms with van der Waals surface area (Å²) in [6.07, 6.45) is 0.329. The van der Waals surface area contributed by atoms with Crippen molar-refractivity contribution in [3.63, 3.8) is 0 Å². The van der Waals surface area contributed by atoms with Gasteiger partial charge in [-0.2, -0.15) is 0 Å². The van der Waals surface area contributed by atoms with Gasteiger partial charge in [-0.3, -0.25) is 19.3 Å². The molecule has 1 amide bonds. The van der Waals surface area contributed by atoms with Crippen molar-refractivity contribution in [3.05, 3.63) is 129 Å². The number of hydrogen-bond acceptors (Lipinski definition) is 5. The van der Waals surface area contributed by atoms with Gasteiger partial charge in [0, 0.05) is 41.8 Å². The van der Waals surface area contributed by atoms with Crippen LogP contribution in [0.2, 0.25) is 0 Å². The number of amides is 1. The number of ether oxygens (including phenoxy) is 1. The average Bonchev–Trinajstić information content (AvgIpc) is 2.99. The number of rotatable bonds is 8. The summed E-state index contributed by atoms with van der Waals surface area (Å²) in [4.78, 5) is 28.0. The summed E-state index contributed by atoms with van der Waals surface area (Å²) in [6, 6.07) is 10.8. The molecular formula is C30H23BrF5N3O4. The molecule has 1 aliphatic rings. The van der Waals surface area contributed by atoms with Gasteiger partial charge in [0.15, 0.2) is 40.5 Å². The number of phenols is 1. The first-order chi connectivity index (χ1) is 20.5. The molecule has 13 heteroatoms. The molecule has 5 rings (SSSR count). The summed E-state index contributed by atoms with van der Waals surface area (Å²) in [5.41, 5.74) is -1.27. The van der Waals surface area contributed by atoms with Gasteiger partial charge in [0.2, 0.25) is 5.43 Å². The normalized spacial score (nSPS) is 15.4. The van der Waals surface area contributed by atoms with Crippen molar-refractivity contribution >= 4 is 21.8 Å². The highest BCUT2D eigenvalue weighted by Gasteiger charge is 2.43. The standard InChI is InChI=1S/C30H23BrF5N3O4/c1-37-24(9-11-31)39(38-12-10-22(40)29(28(38)30(37)42)43-15-16-5-3-2-4-6-16)27(17-7-8-19(32)26(36)25(17)35)18-13-20(33)21(34)14-23(18)41/h2-8,10,12-14,24,27,41H,9,11,15H2,1H3/t24?,27-/m1/s1. The van der Waals surface area contributed by atoms with Crippen molar-refractivity contribution in [3.8, 4) is 11.5 Å². The van der Waals surface area contributed by atoms with Crippen LogP contribution in [0.15, 0.2) is 71.7 Å². The van der Waals surface area contributed by atoms with Crippen molar-refractivity contribution in [2.45, 2.75) is 25.2 Å². The molecule has 0 saturated carbocycles. The van der Waals surface area contributed by atoms with Gasteiger partial charge in [-0.15, -0.1) is 0 Å². The SMILES string of the molecule is CN1C(=O)c2c(OCc3ccccc3)c(=O)ccn2N([C@@H](c2cc(F)c(F)cc2O)c2ccc(F)c(F)c2F)C1CCBr. The zero-order valence-electron chi connectivity index (χ0n) is 22.4. The van der Waals surface area contributed by atoms with Gasteiger partial charge in [0.1, 0.15) is 24.6 Å². The summed E-state index contributed by atoms with van der Waals surface area (Å²) < 4.78 is 79.9. The van der Waals surface area contributed by atoms with Crippen LogP contribution in [0.5, 0.6) is 11.5 Å². The van der Waals surface area contributed by atoms with Crippen LogP contribution < -0.4 is 15.2 Å². The first-order valence-corrected chi connectivity index (χ1v) is 14.0. The molecule has 0 spiro atoms. The Balaban J connectivity index is 1.80. The number of carbonyl (C=O) groups excluding carboxylic acids is 1. The van der Waals surface area contributed by atoms with Gasteiger partial charge in [0.05, 0.1) is 0 Å². The monoisotopic (exact) mass is 663 g/mol. The number of nitrogens with zero attached hydrogens (tertiary/aromatic N) is 3. The first-order valence-electron chi connectivity index (χ1n) is 12.9. The van der Waals surface area contributed by atoms with Crippen LogP contribution in [0, 0.1) is 29.1 Å². The molecule has 0 aliphatic carbocycles. The van der Waals surface area contributed by atoms with E-state index in [-0.39, 0.29) is 29.8 Å². The lowest BCUT2D eigenvalue weighted by Crippen LogP contribution is -2.61. The highest BCUT2D eigenvalue weighted by Crippen LogP contribution is 2.41. The average molecular weight is 664 g/mol. The number of aromatic hydroxyl groups is 1. The smallest absolute Gasteiger partial charge is 0.277 e. The molecule has 1 unspecified atom stereocenters. The Labute approximate surface area is 250 Å². The maximum absolute atomic E-state index is 15.5. The van der Waals surface area contributed by atoms with E-state index in [1.165, 1.54) is 27.8 Å². The lowest BCUT2D eigenvalue weighted by Gasteiger charge is -2.49. The van der Waals surface area contributed by atoms with Crippen molar-refractivity contribution in [2.75, 3.05) is 17.4 Å². The molecule has 43 heavy (non-hydrogen) atoms. The van der Waals surface area contributed by atoms with E-state index >= 15 is 4.39 Å². The minimum Gasteiger partial charge on any atom is -0.507 e. The quantitative estimate of drug-likeness (QED) is 0.148. The van der Waals surface area contributed by atoms with Gasteiger partial charge in [-0.25, -0.2) is 22.0 Å². The van der Waals surface area contributed by atoms with Gasteiger partial charge >= 0.3 is 0 Å². The Morgan fingerprint density at radius 2 is 1.60 bits per heavy atom. The van der Waals surface area contributed by atoms with E-state index in [0.29, 0.717) is 23.8 Å². The van der Waals surface area contributed by atoms with Crippen LogP contribution in [0.25, 0.3) is 0 Å². The van der Waals surface area contributed by atoms with E-state index in [1.807, 2.05) is 0 Å². The van der Waals surface area contributed by atoms with Gasteiger partial charge in [-0.05, 0) is 24.1 Å². The number of pyridine rings is 1. The summed E-state index contributed by atoms with van der Waals surface area (Å²) in [6.45, 7) is -0.0971. The molecule has 2 atom stereocenters. The molecule has 0 bridgehead atoms. The van der Waals surface area contributed by atoms with E-state index in [9.17, 15) is 32.3 Å². The molecule has 0 saturated heterocycles. The lowest BCUT2D eigenvalue weighted by molar-refractivity contribution is 0.0609. The van der Waals surface area contributed by atoms with Gasteiger partial charge in [0.25, 0.3) is 5.91 Å². The number of halogens is 6. The van der Waals surface area contributed by atoms with Crippen LogP contribution in [0.1, 0.15) is 39.6 Å². The number of benzene rings is 3. The number of alkyl halides is 1. The van der Waals surface area contributed by atoms with Crippen LogP contribution in [0.3, 0.4) is 0 Å². The fourth-order valence-corrected chi connectivity index (χ4v) is 5.49. The molecule has 2 heterocycles. The molecule has 224 valence electrons. The minimum atomic E-state index is -1.84. The van der Waals surface area contributed by atoms with Gasteiger partial charge < -0.3 is 14.7 Å². The van der Waals surface area contributed by atoms with Crippen LogP contribution >= 0.6 is 15.9 Å². The second-order valence-electron chi connectivity index (χ2n) is 9.72. The zero-order valence-corrected chi connectivity index (χ0v) is 24.0. The summed E-state index contributed by atoms with van der Waals surface area (Å²) in [5, 5.41) is 12.3. The Morgan fingerprint density at radius 1 is 0.907 bits per heavy atom. The first kappa shape index (κ1) is 30.1. The van der Waals surface area contributed by atoms with Crippen molar-refractivity contribution in [2.24, 2.45) is 0 Å². The fraction of sp³-hybridized carbons (Fsp3) is 0.200. The van der Waals surface area contributed by atoms with Crippen molar-refractivity contribution < 1.29 is 36.6 Å². The third-order valence-electron chi connectivity index (χ3n) is 7.14. The van der Waals surface area contributed by atoms with E-state index < -0.39 is 69.5 Å². The van der Waals surface area contributed by atoms with Crippen LogP contribution in [-0.4, -0.2) is 39.1 Å². The van der Waals surface area contributed by atoms with Crippen LogP contribution in [0.4, 0.5) is 22.0 Å². The third kappa shape index (κ3) is 5.44. The predicted molar refractivity (Wildman–Crippen MR) is 150 cm³/mol. The Kier molecular flexibility index (Phi) is 8.45. The zero-order chi connectivity index (χ0) is 31.0. The number of fused-ring (bicyclic) bond motifs is 1. The Hall–Kier alpha value is -4.39. The lowest BCUT2D eigenvalue weighted by atomic mass is 9.94. The molecule has 3 aromatic carbocycles. The maximum Gasteiger partial charge on any atom is 0.277 e. The summed E-state index contributed by atoms with van der Waals surface area (Å²) in [5.74, 6) is -9.66. The van der Waals surface area contributed by atoms with E-state index in [4.69, 9.17) is 4.74 Å². The molecule has 4 aromatic rings. The summed E-state index contributed by atoms with van der Waals surface area (Å²) in [7, 11) is 1.40. The predicted octanol–water partition coefficient (Wildman–Crippen LogP) is 5.75. The molecule has 1 N–H and O–H groups in total. The molecular weight excluding hydrogens is 641 g/mol. The molecule has 1 aliphatic heterocycles. The molecule has 1 aromatic heterocycles. The number of carbonyl (C=O) groups is 1. The van der Waals surface area contributed by atoms with E-state index in [0.717, 1.165) is 12.1 Å². The largest absolute Gasteiger partial charge is 0.507 e. The molecule has 0 fully saturated rings. The number of aromatic nitrogens is 1. The fourth-order valence-electron chi connectivity index (χ4n) is 5.08. The second kappa shape index (κ2) is 12.1. The highest BCUT2D eigenvalue weighted by molar-refractivity contribution is 9.09. The molecule has 7 nitrogen and oxygen atoms in total. The molecule has 0 radical (unpaired) electrons. The number of phenolic OH excluding ortho intramolecular Hbond substituents is 1. The topological polar surface area (TPSA) is 75.0 Å². The van der Waals surface area contributed by atoms with Gasteiger partial charge in [-0.1, -0.05) is 52.3 Å². The minimum absolute atomic E-state index is 0.0971.